The summed E-state index contributed by atoms with van der Waals surface area (Å²) in [6, 6.07) is 9.12. The monoisotopic (exact) mass is 227 g/mol. The highest BCUT2D eigenvalue weighted by Gasteiger charge is 2.35. The standard InChI is InChI=1S/C14H17N3/c1-2-4-13-12(3-1)15-10-17(13)14-9-16-7-5-11(14)6-8-16/h1-4,10-11,14H,5-9H2. The number of aromatic nitrogens is 2. The fraction of sp³-hybridized carbons (Fsp3) is 0.500. The van der Waals surface area contributed by atoms with Gasteiger partial charge in [-0.3, -0.25) is 0 Å². The van der Waals surface area contributed by atoms with Crippen LogP contribution in [-0.4, -0.2) is 34.1 Å². The Hall–Kier alpha value is -1.35. The van der Waals surface area contributed by atoms with Crippen molar-refractivity contribution in [3.63, 3.8) is 0 Å². The Bertz CT molecular complexity index is 537. The zero-order chi connectivity index (χ0) is 11.2. The van der Waals surface area contributed by atoms with Crippen LogP contribution >= 0.6 is 0 Å². The van der Waals surface area contributed by atoms with E-state index in [9.17, 15) is 0 Å². The van der Waals surface area contributed by atoms with Gasteiger partial charge in [0.05, 0.1) is 23.4 Å². The molecule has 4 heterocycles. The molecule has 0 amide bonds. The largest absolute Gasteiger partial charge is 0.326 e. The molecule has 2 bridgehead atoms. The van der Waals surface area contributed by atoms with Crippen molar-refractivity contribution in [1.82, 2.24) is 14.5 Å². The highest BCUT2D eigenvalue weighted by atomic mass is 15.2. The van der Waals surface area contributed by atoms with Gasteiger partial charge in [0.2, 0.25) is 0 Å². The van der Waals surface area contributed by atoms with Crippen LogP contribution in [-0.2, 0) is 0 Å². The minimum absolute atomic E-state index is 0.643. The molecule has 3 fully saturated rings. The molecule has 0 spiro atoms. The lowest BCUT2D eigenvalue weighted by Gasteiger charge is -2.45. The van der Waals surface area contributed by atoms with Gasteiger partial charge >= 0.3 is 0 Å². The lowest BCUT2D eigenvalue weighted by Crippen LogP contribution is -2.47. The Labute approximate surface area is 101 Å². The first-order valence-electron chi connectivity index (χ1n) is 6.56. The predicted molar refractivity (Wildman–Crippen MR) is 67.9 cm³/mol. The van der Waals surface area contributed by atoms with Gasteiger partial charge < -0.3 is 9.47 Å². The maximum absolute atomic E-state index is 4.52. The number of rotatable bonds is 1. The molecule has 3 heteroatoms. The number of imidazole rings is 1. The second kappa shape index (κ2) is 3.57. The SMILES string of the molecule is c1ccc2c(c1)ncn2C1CN2CCC1CC2. The van der Waals surface area contributed by atoms with E-state index in [1.54, 1.807) is 0 Å². The van der Waals surface area contributed by atoms with Gasteiger partial charge in [0.25, 0.3) is 0 Å². The van der Waals surface area contributed by atoms with Crippen LogP contribution in [0.2, 0.25) is 0 Å². The molecular weight excluding hydrogens is 210 g/mol. The number of hydrogen-bond acceptors (Lipinski definition) is 2. The molecule has 1 aromatic carbocycles. The summed E-state index contributed by atoms with van der Waals surface area (Å²) >= 11 is 0. The third-order valence-electron chi connectivity index (χ3n) is 4.46. The second-order valence-corrected chi connectivity index (χ2v) is 5.35. The zero-order valence-corrected chi connectivity index (χ0v) is 9.92. The molecule has 3 saturated heterocycles. The number of benzene rings is 1. The number of fused-ring (bicyclic) bond motifs is 4. The van der Waals surface area contributed by atoms with Crippen molar-refractivity contribution in [2.75, 3.05) is 19.6 Å². The Balaban J connectivity index is 1.79. The molecule has 2 aromatic rings. The van der Waals surface area contributed by atoms with Crippen LogP contribution in [0.4, 0.5) is 0 Å². The number of para-hydroxylation sites is 2. The summed E-state index contributed by atoms with van der Waals surface area (Å²) in [6.07, 6.45) is 4.76. The van der Waals surface area contributed by atoms with Crippen molar-refractivity contribution in [2.45, 2.75) is 18.9 Å². The summed E-state index contributed by atoms with van der Waals surface area (Å²) in [6.45, 7) is 3.81. The van der Waals surface area contributed by atoms with Gasteiger partial charge in [-0.2, -0.15) is 0 Å². The fourth-order valence-electron chi connectivity index (χ4n) is 3.49. The predicted octanol–water partition coefficient (Wildman–Crippen LogP) is 2.30. The van der Waals surface area contributed by atoms with Gasteiger partial charge in [0, 0.05) is 6.54 Å². The molecule has 3 aliphatic rings. The van der Waals surface area contributed by atoms with Crippen LogP contribution < -0.4 is 0 Å². The Morgan fingerprint density at radius 1 is 1.12 bits per heavy atom. The summed E-state index contributed by atoms with van der Waals surface area (Å²) in [5.74, 6) is 0.859. The van der Waals surface area contributed by atoms with Crippen molar-refractivity contribution in [3.8, 4) is 0 Å². The van der Waals surface area contributed by atoms with E-state index in [2.05, 4.69) is 38.7 Å². The molecular formula is C14H17N3. The van der Waals surface area contributed by atoms with E-state index < -0.39 is 0 Å². The Morgan fingerprint density at radius 2 is 1.94 bits per heavy atom. The maximum Gasteiger partial charge on any atom is 0.0961 e. The first-order chi connectivity index (χ1) is 8.42. The first-order valence-corrected chi connectivity index (χ1v) is 6.56. The van der Waals surface area contributed by atoms with E-state index in [0.29, 0.717) is 6.04 Å². The normalized spacial score (nSPS) is 32.1. The van der Waals surface area contributed by atoms with Gasteiger partial charge in [-0.25, -0.2) is 4.98 Å². The van der Waals surface area contributed by atoms with E-state index in [1.165, 1.54) is 38.0 Å². The van der Waals surface area contributed by atoms with Gasteiger partial charge in [0.1, 0.15) is 0 Å². The van der Waals surface area contributed by atoms with Gasteiger partial charge in [-0.05, 0) is 44.0 Å². The summed E-state index contributed by atoms with van der Waals surface area (Å²) < 4.78 is 2.41. The maximum atomic E-state index is 4.52. The first kappa shape index (κ1) is 9.66. The summed E-state index contributed by atoms with van der Waals surface area (Å²) in [5.41, 5.74) is 2.43. The molecule has 1 aromatic heterocycles. The Morgan fingerprint density at radius 3 is 2.71 bits per heavy atom. The van der Waals surface area contributed by atoms with Crippen molar-refractivity contribution < 1.29 is 0 Å². The third kappa shape index (κ3) is 1.42. The van der Waals surface area contributed by atoms with Gasteiger partial charge in [-0.1, -0.05) is 12.1 Å². The minimum Gasteiger partial charge on any atom is -0.326 e. The summed E-state index contributed by atoms with van der Waals surface area (Å²) in [5, 5.41) is 0. The number of hydrogen-bond donors (Lipinski definition) is 0. The molecule has 3 nitrogen and oxygen atoms in total. The number of piperidine rings is 3. The van der Waals surface area contributed by atoms with Crippen LogP contribution in [0.1, 0.15) is 18.9 Å². The average Bonchev–Trinajstić information content (AvgIpc) is 2.84. The van der Waals surface area contributed by atoms with Gasteiger partial charge in [-0.15, -0.1) is 0 Å². The van der Waals surface area contributed by atoms with Crippen molar-refractivity contribution in [3.05, 3.63) is 30.6 Å². The quantitative estimate of drug-likeness (QED) is 0.745. The molecule has 0 radical (unpaired) electrons. The van der Waals surface area contributed by atoms with E-state index >= 15 is 0 Å². The molecule has 1 unspecified atom stereocenters. The fourth-order valence-corrected chi connectivity index (χ4v) is 3.49. The molecule has 1 atom stereocenters. The van der Waals surface area contributed by atoms with E-state index in [4.69, 9.17) is 0 Å². The lowest BCUT2D eigenvalue weighted by molar-refractivity contribution is 0.0588. The topological polar surface area (TPSA) is 21.1 Å². The summed E-state index contributed by atoms with van der Waals surface area (Å²) in [7, 11) is 0. The third-order valence-corrected chi connectivity index (χ3v) is 4.46. The molecule has 3 aliphatic heterocycles. The van der Waals surface area contributed by atoms with Crippen LogP contribution in [0.15, 0.2) is 30.6 Å². The zero-order valence-electron chi connectivity index (χ0n) is 9.92. The van der Waals surface area contributed by atoms with Crippen LogP contribution in [0.5, 0.6) is 0 Å². The van der Waals surface area contributed by atoms with Crippen LogP contribution in [0, 0.1) is 5.92 Å². The average molecular weight is 227 g/mol. The molecule has 17 heavy (non-hydrogen) atoms. The van der Waals surface area contributed by atoms with Crippen molar-refractivity contribution >= 4 is 11.0 Å². The molecule has 88 valence electrons. The Kier molecular flexibility index (Phi) is 2.03. The van der Waals surface area contributed by atoms with E-state index in [-0.39, 0.29) is 0 Å². The molecule has 0 aliphatic carbocycles. The van der Waals surface area contributed by atoms with Gasteiger partial charge in [0.15, 0.2) is 0 Å². The van der Waals surface area contributed by atoms with Crippen LogP contribution in [0.3, 0.4) is 0 Å². The van der Waals surface area contributed by atoms with Crippen molar-refractivity contribution in [2.24, 2.45) is 5.92 Å². The highest BCUT2D eigenvalue weighted by molar-refractivity contribution is 5.75. The smallest absolute Gasteiger partial charge is 0.0961 e. The van der Waals surface area contributed by atoms with Crippen molar-refractivity contribution in [1.29, 1.82) is 0 Å². The van der Waals surface area contributed by atoms with Crippen LogP contribution in [0.25, 0.3) is 11.0 Å². The molecule has 0 saturated carbocycles. The highest BCUT2D eigenvalue weighted by Crippen LogP contribution is 2.36. The summed E-state index contributed by atoms with van der Waals surface area (Å²) in [4.78, 5) is 7.12. The molecule has 5 rings (SSSR count). The van der Waals surface area contributed by atoms with E-state index in [0.717, 1.165) is 11.4 Å². The minimum atomic E-state index is 0.643. The lowest BCUT2D eigenvalue weighted by atomic mass is 9.84. The van der Waals surface area contributed by atoms with E-state index in [1.807, 2.05) is 6.33 Å². The second-order valence-electron chi connectivity index (χ2n) is 5.35. The molecule has 0 N–H and O–H groups in total. The number of nitrogens with zero attached hydrogens (tertiary/aromatic N) is 3.